The molecule has 3 rings (SSSR count). The number of benzene rings is 1. The fourth-order valence-corrected chi connectivity index (χ4v) is 2.76. The van der Waals surface area contributed by atoms with Gasteiger partial charge in [0.25, 0.3) is 0 Å². The summed E-state index contributed by atoms with van der Waals surface area (Å²) in [6, 6.07) is 10.6. The maximum Gasteiger partial charge on any atom is 0.0702 e. The van der Waals surface area contributed by atoms with E-state index in [0.717, 1.165) is 38.4 Å². The molecule has 106 valence electrons. The molecule has 1 fully saturated rings. The molecular formula is C16H21N3O. The van der Waals surface area contributed by atoms with Crippen LogP contribution in [0, 0.1) is 0 Å². The molecule has 1 saturated heterocycles. The lowest BCUT2D eigenvalue weighted by atomic mass is 9.96. The molecular weight excluding hydrogens is 250 g/mol. The van der Waals surface area contributed by atoms with E-state index in [2.05, 4.69) is 34.1 Å². The molecule has 4 heteroatoms. The summed E-state index contributed by atoms with van der Waals surface area (Å²) in [5.74, 6) is 0.373. The molecule has 0 bridgehead atoms. The Morgan fingerprint density at radius 2 is 2.10 bits per heavy atom. The Hall–Kier alpha value is -1.49. The second-order valence-electron chi connectivity index (χ2n) is 5.30. The molecule has 0 saturated carbocycles. The molecule has 0 aliphatic carbocycles. The van der Waals surface area contributed by atoms with Gasteiger partial charge in [0.15, 0.2) is 0 Å². The second kappa shape index (κ2) is 6.31. The number of hydrogen-bond donors (Lipinski definition) is 1. The van der Waals surface area contributed by atoms with E-state index < -0.39 is 0 Å². The van der Waals surface area contributed by atoms with Gasteiger partial charge in [0, 0.05) is 43.7 Å². The van der Waals surface area contributed by atoms with Crippen molar-refractivity contribution in [2.24, 2.45) is 5.73 Å². The van der Waals surface area contributed by atoms with E-state index in [1.165, 1.54) is 10.9 Å². The van der Waals surface area contributed by atoms with E-state index in [-0.39, 0.29) is 0 Å². The van der Waals surface area contributed by atoms with E-state index in [4.69, 9.17) is 10.5 Å². The molecule has 0 radical (unpaired) electrons. The predicted molar refractivity (Wildman–Crippen MR) is 80.8 cm³/mol. The summed E-state index contributed by atoms with van der Waals surface area (Å²) in [6.07, 6.45) is 1.83. The minimum atomic E-state index is 0.373. The normalized spacial score (nSPS) is 18.2. The average molecular weight is 271 g/mol. The Morgan fingerprint density at radius 3 is 2.90 bits per heavy atom. The quantitative estimate of drug-likeness (QED) is 0.918. The van der Waals surface area contributed by atoms with Crippen LogP contribution in [0.25, 0.3) is 10.9 Å². The average Bonchev–Trinajstić information content (AvgIpc) is 2.53. The molecule has 1 unspecified atom stereocenters. The van der Waals surface area contributed by atoms with Crippen LogP contribution in [0.1, 0.15) is 11.5 Å². The lowest BCUT2D eigenvalue weighted by Gasteiger charge is -2.30. The second-order valence-corrected chi connectivity index (χ2v) is 5.30. The number of fused-ring (bicyclic) bond motifs is 1. The van der Waals surface area contributed by atoms with Crippen molar-refractivity contribution in [2.75, 3.05) is 39.4 Å². The zero-order chi connectivity index (χ0) is 13.8. The number of ether oxygens (including phenoxy) is 1. The van der Waals surface area contributed by atoms with Crippen molar-refractivity contribution in [1.29, 1.82) is 0 Å². The van der Waals surface area contributed by atoms with E-state index in [1.807, 2.05) is 12.3 Å². The summed E-state index contributed by atoms with van der Waals surface area (Å²) in [6.45, 7) is 5.35. The Kier molecular flexibility index (Phi) is 4.25. The fraction of sp³-hybridized carbons (Fsp3) is 0.438. The van der Waals surface area contributed by atoms with Gasteiger partial charge in [-0.05, 0) is 23.8 Å². The third-order valence-corrected chi connectivity index (χ3v) is 3.97. The van der Waals surface area contributed by atoms with Crippen molar-refractivity contribution < 1.29 is 4.74 Å². The highest BCUT2D eigenvalue weighted by atomic mass is 16.5. The summed E-state index contributed by atoms with van der Waals surface area (Å²) < 4.78 is 5.40. The number of hydrogen-bond acceptors (Lipinski definition) is 4. The molecule has 1 aliphatic rings. The molecule has 20 heavy (non-hydrogen) atoms. The highest BCUT2D eigenvalue weighted by Crippen LogP contribution is 2.21. The first-order valence-corrected chi connectivity index (χ1v) is 7.21. The van der Waals surface area contributed by atoms with Crippen LogP contribution in [0.4, 0.5) is 0 Å². The molecule has 1 aromatic carbocycles. The number of rotatable bonds is 4. The molecule has 1 atom stereocenters. The van der Waals surface area contributed by atoms with Gasteiger partial charge in [0.2, 0.25) is 0 Å². The molecule has 0 amide bonds. The highest BCUT2D eigenvalue weighted by Gasteiger charge is 2.17. The Bertz CT molecular complexity index is 566. The van der Waals surface area contributed by atoms with Crippen LogP contribution in [0.5, 0.6) is 0 Å². The smallest absolute Gasteiger partial charge is 0.0702 e. The van der Waals surface area contributed by atoms with Gasteiger partial charge in [-0.15, -0.1) is 0 Å². The number of pyridine rings is 1. The predicted octanol–water partition coefficient (Wildman–Crippen LogP) is 1.61. The first kappa shape index (κ1) is 13.5. The first-order valence-electron chi connectivity index (χ1n) is 7.21. The van der Waals surface area contributed by atoms with Gasteiger partial charge in [-0.1, -0.05) is 12.1 Å². The Morgan fingerprint density at radius 1 is 1.25 bits per heavy atom. The summed E-state index contributed by atoms with van der Waals surface area (Å²) in [7, 11) is 0. The molecule has 1 aromatic heterocycles. The number of aromatic nitrogens is 1. The van der Waals surface area contributed by atoms with E-state index in [1.54, 1.807) is 0 Å². The Labute approximate surface area is 119 Å². The van der Waals surface area contributed by atoms with Crippen molar-refractivity contribution in [3.8, 4) is 0 Å². The molecule has 1 aliphatic heterocycles. The fourth-order valence-electron chi connectivity index (χ4n) is 2.76. The maximum atomic E-state index is 5.99. The topological polar surface area (TPSA) is 51.4 Å². The minimum Gasteiger partial charge on any atom is -0.379 e. The molecule has 0 spiro atoms. The van der Waals surface area contributed by atoms with Crippen molar-refractivity contribution in [3.63, 3.8) is 0 Å². The summed E-state index contributed by atoms with van der Waals surface area (Å²) >= 11 is 0. The molecule has 2 heterocycles. The van der Waals surface area contributed by atoms with Gasteiger partial charge in [-0.2, -0.15) is 0 Å². The van der Waals surface area contributed by atoms with Crippen LogP contribution >= 0.6 is 0 Å². The highest BCUT2D eigenvalue weighted by molar-refractivity contribution is 5.79. The maximum absolute atomic E-state index is 5.99. The standard InChI is InChI=1S/C16H21N3O/c17-11-15(12-19-6-8-20-9-7-19)13-3-4-16-14(10-13)2-1-5-18-16/h1-5,10,15H,6-9,11-12,17H2. The van der Waals surface area contributed by atoms with E-state index in [9.17, 15) is 0 Å². The molecule has 2 aromatic rings. The van der Waals surface area contributed by atoms with Gasteiger partial charge in [0.1, 0.15) is 0 Å². The first-order chi connectivity index (χ1) is 9.86. The lowest BCUT2D eigenvalue weighted by molar-refractivity contribution is 0.0353. The largest absolute Gasteiger partial charge is 0.379 e. The van der Waals surface area contributed by atoms with E-state index >= 15 is 0 Å². The summed E-state index contributed by atoms with van der Waals surface area (Å²) in [5.41, 5.74) is 8.34. The zero-order valence-corrected chi connectivity index (χ0v) is 11.7. The molecule has 2 N–H and O–H groups in total. The van der Waals surface area contributed by atoms with Crippen LogP contribution in [0.2, 0.25) is 0 Å². The van der Waals surface area contributed by atoms with Crippen LogP contribution in [0.15, 0.2) is 36.5 Å². The zero-order valence-electron chi connectivity index (χ0n) is 11.7. The third kappa shape index (κ3) is 2.98. The van der Waals surface area contributed by atoms with Crippen molar-refractivity contribution >= 4 is 10.9 Å². The van der Waals surface area contributed by atoms with Crippen LogP contribution in [-0.4, -0.2) is 49.3 Å². The van der Waals surface area contributed by atoms with Crippen LogP contribution in [0.3, 0.4) is 0 Å². The van der Waals surface area contributed by atoms with Crippen molar-refractivity contribution in [3.05, 3.63) is 42.1 Å². The van der Waals surface area contributed by atoms with Gasteiger partial charge >= 0.3 is 0 Å². The van der Waals surface area contributed by atoms with Gasteiger partial charge in [-0.25, -0.2) is 0 Å². The lowest BCUT2D eigenvalue weighted by Crippen LogP contribution is -2.40. The number of nitrogens with two attached hydrogens (primary N) is 1. The van der Waals surface area contributed by atoms with Gasteiger partial charge in [-0.3, -0.25) is 9.88 Å². The van der Waals surface area contributed by atoms with Gasteiger partial charge < -0.3 is 10.5 Å². The summed E-state index contributed by atoms with van der Waals surface area (Å²) in [5, 5.41) is 1.19. The third-order valence-electron chi connectivity index (χ3n) is 3.97. The molecule has 4 nitrogen and oxygen atoms in total. The number of morpholine rings is 1. The van der Waals surface area contributed by atoms with Crippen molar-refractivity contribution in [2.45, 2.75) is 5.92 Å². The van der Waals surface area contributed by atoms with Crippen molar-refractivity contribution in [1.82, 2.24) is 9.88 Å². The van der Waals surface area contributed by atoms with Crippen LogP contribution < -0.4 is 5.73 Å². The minimum absolute atomic E-state index is 0.373. The monoisotopic (exact) mass is 271 g/mol. The SMILES string of the molecule is NCC(CN1CCOCC1)c1ccc2ncccc2c1. The Balaban J connectivity index is 1.79. The van der Waals surface area contributed by atoms with Crippen LogP contribution in [-0.2, 0) is 4.74 Å². The summed E-state index contributed by atoms with van der Waals surface area (Å²) in [4.78, 5) is 6.80. The van der Waals surface area contributed by atoms with Gasteiger partial charge in [0.05, 0.1) is 18.7 Å². The number of nitrogens with zero attached hydrogens (tertiary/aromatic N) is 2. The van der Waals surface area contributed by atoms with E-state index in [0.29, 0.717) is 12.5 Å².